The molecule has 0 radical (unpaired) electrons. The van der Waals surface area contributed by atoms with E-state index in [-0.39, 0.29) is 18.0 Å². The smallest absolute Gasteiger partial charge is 0.266 e. The van der Waals surface area contributed by atoms with Crippen molar-refractivity contribution in [3.63, 3.8) is 0 Å². The average molecular weight is 542 g/mol. The summed E-state index contributed by atoms with van der Waals surface area (Å²) in [7, 11) is 3.11. The summed E-state index contributed by atoms with van der Waals surface area (Å²) in [5, 5.41) is 3.72. The Morgan fingerprint density at radius 3 is 2.51 bits per heavy atom. The standard InChI is InChI=1S/C30H27N3O5S/c1-19-6-8-20(9-7-19)18-39-30-32-25-15-21(28(34)31-17-23-5-4-14-38-23)10-12-24(25)29(35)33(30)22-11-13-26(36-2)27(16-22)37-3/h4-16H,17-18H2,1-3H3,(H,31,34). The van der Waals surface area contributed by atoms with Gasteiger partial charge in [-0.3, -0.25) is 14.2 Å². The highest BCUT2D eigenvalue weighted by atomic mass is 32.2. The number of methoxy groups -OCH3 is 2. The molecule has 0 spiro atoms. The van der Waals surface area contributed by atoms with Gasteiger partial charge in [-0.05, 0) is 55.0 Å². The Labute approximate surface area is 229 Å². The maximum atomic E-state index is 13.8. The van der Waals surface area contributed by atoms with E-state index in [0.717, 1.165) is 5.56 Å². The SMILES string of the molecule is COc1ccc(-n2c(SCc3ccc(C)cc3)nc3cc(C(=O)NCc4ccco4)ccc3c2=O)cc1OC. The van der Waals surface area contributed by atoms with Crippen molar-refractivity contribution in [3.8, 4) is 17.2 Å². The Morgan fingerprint density at radius 1 is 1.00 bits per heavy atom. The first-order valence-electron chi connectivity index (χ1n) is 12.2. The summed E-state index contributed by atoms with van der Waals surface area (Å²) in [5.41, 5.74) is 3.46. The minimum atomic E-state index is -0.284. The number of thioether (sulfide) groups is 1. The van der Waals surface area contributed by atoms with Crippen LogP contribution in [-0.4, -0.2) is 29.7 Å². The minimum Gasteiger partial charge on any atom is -0.493 e. The first kappa shape index (κ1) is 26.1. The van der Waals surface area contributed by atoms with Crippen LogP contribution >= 0.6 is 11.8 Å². The molecule has 3 aromatic carbocycles. The summed E-state index contributed by atoms with van der Waals surface area (Å²) in [6.07, 6.45) is 1.56. The summed E-state index contributed by atoms with van der Waals surface area (Å²) in [4.78, 5) is 31.5. The van der Waals surface area contributed by atoms with Crippen LogP contribution in [0.2, 0.25) is 0 Å². The molecule has 5 aromatic rings. The van der Waals surface area contributed by atoms with Crippen molar-refractivity contribution >= 4 is 28.6 Å². The quantitative estimate of drug-likeness (QED) is 0.194. The van der Waals surface area contributed by atoms with Crippen molar-refractivity contribution in [1.82, 2.24) is 14.9 Å². The van der Waals surface area contributed by atoms with Gasteiger partial charge >= 0.3 is 0 Å². The van der Waals surface area contributed by atoms with E-state index in [1.165, 1.54) is 17.3 Å². The summed E-state index contributed by atoms with van der Waals surface area (Å²) < 4.78 is 17.7. The molecule has 0 fully saturated rings. The summed E-state index contributed by atoms with van der Waals surface area (Å²) in [6.45, 7) is 2.30. The van der Waals surface area contributed by atoms with Gasteiger partial charge in [0.2, 0.25) is 0 Å². The number of carbonyl (C=O) groups is 1. The molecule has 2 aromatic heterocycles. The number of carbonyl (C=O) groups excluding carboxylic acids is 1. The van der Waals surface area contributed by atoms with Crippen LogP contribution < -0.4 is 20.3 Å². The lowest BCUT2D eigenvalue weighted by molar-refractivity contribution is 0.0948. The van der Waals surface area contributed by atoms with Crippen molar-refractivity contribution in [3.05, 3.63) is 112 Å². The molecule has 198 valence electrons. The van der Waals surface area contributed by atoms with Crippen LogP contribution in [0.4, 0.5) is 0 Å². The Kier molecular flexibility index (Phi) is 7.69. The fourth-order valence-electron chi connectivity index (χ4n) is 4.11. The predicted molar refractivity (Wildman–Crippen MR) is 151 cm³/mol. The van der Waals surface area contributed by atoms with Crippen LogP contribution in [0.25, 0.3) is 16.6 Å². The second-order valence-electron chi connectivity index (χ2n) is 8.84. The van der Waals surface area contributed by atoms with E-state index >= 15 is 0 Å². The second kappa shape index (κ2) is 11.5. The van der Waals surface area contributed by atoms with Gasteiger partial charge in [0, 0.05) is 17.4 Å². The minimum absolute atomic E-state index is 0.249. The third-order valence-corrected chi connectivity index (χ3v) is 7.23. The van der Waals surface area contributed by atoms with Crippen molar-refractivity contribution in [2.75, 3.05) is 14.2 Å². The number of nitrogens with zero attached hydrogens (tertiary/aromatic N) is 2. The van der Waals surface area contributed by atoms with E-state index in [1.807, 2.05) is 6.92 Å². The second-order valence-corrected chi connectivity index (χ2v) is 9.78. The molecule has 9 heteroatoms. The molecule has 8 nitrogen and oxygen atoms in total. The van der Waals surface area contributed by atoms with Crippen LogP contribution in [0, 0.1) is 6.92 Å². The maximum absolute atomic E-state index is 13.8. The lowest BCUT2D eigenvalue weighted by Crippen LogP contribution is -2.24. The zero-order chi connectivity index (χ0) is 27.4. The molecule has 0 saturated carbocycles. The number of nitrogens with one attached hydrogen (secondary N) is 1. The van der Waals surface area contributed by atoms with Gasteiger partial charge < -0.3 is 19.2 Å². The largest absolute Gasteiger partial charge is 0.493 e. The molecule has 0 unspecified atom stereocenters. The topological polar surface area (TPSA) is 95.6 Å². The van der Waals surface area contributed by atoms with Gasteiger partial charge in [0.25, 0.3) is 11.5 Å². The molecule has 2 heterocycles. The van der Waals surface area contributed by atoms with Gasteiger partial charge in [-0.1, -0.05) is 41.6 Å². The van der Waals surface area contributed by atoms with E-state index in [9.17, 15) is 9.59 Å². The highest BCUT2D eigenvalue weighted by molar-refractivity contribution is 7.98. The van der Waals surface area contributed by atoms with Crippen LogP contribution in [0.1, 0.15) is 27.2 Å². The van der Waals surface area contributed by atoms with Crippen LogP contribution in [0.3, 0.4) is 0 Å². The van der Waals surface area contributed by atoms with E-state index in [4.69, 9.17) is 18.9 Å². The molecule has 0 atom stereocenters. The Morgan fingerprint density at radius 2 is 1.79 bits per heavy atom. The number of amides is 1. The highest BCUT2D eigenvalue weighted by Gasteiger charge is 2.17. The Hall–Kier alpha value is -4.50. The lowest BCUT2D eigenvalue weighted by Gasteiger charge is -2.16. The molecular formula is C30H27N3O5S. The Balaban J connectivity index is 1.56. The predicted octanol–water partition coefficient (Wildman–Crippen LogP) is 5.53. The fraction of sp³-hybridized carbons (Fsp3) is 0.167. The molecule has 1 N–H and O–H groups in total. The van der Waals surface area contributed by atoms with Crippen molar-refractivity contribution < 1.29 is 18.7 Å². The van der Waals surface area contributed by atoms with E-state index in [2.05, 4.69) is 29.6 Å². The number of fused-ring (bicyclic) bond motifs is 1. The van der Waals surface area contributed by atoms with E-state index in [1.54, 1.807) is 73.6 Å². The lowest BCUT2D eigenvalue weighted by atomic mass is 10.1. The van der Waals surface area contributed by atoms with Crippen LogP contribution in [-0.2, 0) is 12.3 Å². The first-order valence-corrected chi connectivity index (χ1v) is 13.2. The van der Waals surface area contributed by atoms with Gasteiger partial charge in [0.15, 0.2) is 16.7 Å². The molecule has 5 rings (SSSR count). The number of hydrogen-bond donors (Lipinski definition) is 1. The number of furan rings is 1. The molecule has 1 amide bonds. The van der Waals surface area contributed by atoms with Crippen molar-refractivity contribution in [2.24, 2.45) is 0 Å². The number of rotatable bonds is 9. The zero-order valence-electron chi connectivity index (χ0n) is 21.8. The normalized spacial score (nSPS) is 10.9. The van der Waals surface area contributed by atoms with Gasteiger partial charge in [-0.15, -0.1) is 0 Å². The third kappa shape index (κ3) is 5.68. The summed E-state index contributed by atoms with van der Waals surface area (Å²) >= 11 is 1.44. The fourth-order valence-corrected chi connectivity index (χ4v) is 5.08. The molecule has 0 bridgehead atoms. The van der Waals surface area contributed by atoms with Crippen molar-refractivity contribution in [1.29, 1.82) is 0 Å². The molecule has 0 aliphatic heterocycles. The number of aromatic nitrogens is 2. The third-order valence-electron chi connectivity index (χ3n) is 6.22. The Bertz CT molecular complexity index is 1680. The molecule has 0 saturated heterocycles. The zero-order valence-corrected chi connectivity index (χ0v) is 22.6. The number of benzene rings is 3. The van der Waals surface area contributed by atoms with Gasteiger partial charge in [-0.25, -0.2) is 4.98 Å². The molecule has 0 aliphatic rings. The van der Waals surface area contributed by atoms with Crippen molar-refractivity contribution in [2.45, 2.75) is 24.4 Å². The average Bonchev–Trinajstić information content (AvgIpc) is 3.49. The molecule has 0 aliphatic carbocycles. The van der Waals surface area contributed by atoms with E-state index in [0.29, 0.717) is 50.3 Å². The number of ether oxygens (including phenoxy) is 2. The van der Waals surface area contributed by atoms with Gasteiger partial charge in [-0.2, -0.15) is 0 Å². The van der Waals surface area contributed by atoms with Gasteiger partial charge in [0.05, 0.1) is 43.6 Å². The van der Waals surface area contributed by atoms with Crippen LogP contribution in [0.15, 0.2) is 93.4 Å². The van der Waals surface area contributed by atoms with Crippen LogP contribution in [0.5, 0.6) is 11.5 Å². The monoisotopic (exact) mass is 541 g/mol. The van der Waals surface area contributed by atoms with Gasteiger partial charge in [0.1, 0.15) is 5.76 Å². The van der Waals surface area contributed by atoms with E-state index < -0.39 is 0 Å². The molecule has 39 heavy (non-hydrogen) atoms. The maximum Gasteiger partial charge on any atom is 0.266 e. The first-order chi connectivity index (χ1) is 19.0. The number of hydrogen-bond acceptors (Lipinski definition) is 7. The summed E-state index contributed by atoms with van der Waals surface area (Å²) in [5.74, 6) is 2.03. The molecular weight excluding hydrogens is 514 g/mol. The summed E-state index contributed by atoms with van der Waals surface area (Å²) in [6, 6.07) is 22.0. The highest BCUT2D eigenvalue weighted by Crippen LogP contribution is 2.31. The number of aryl methyl sites for hydroxylation is 1.